The van der Waals surface area contributed by atoms with E-state index in [0.29, 0.717) is 13.1 Å². The van der Waals surface area contributed by atoms with Gasteiger partial charge < -0.3 is 20.2 Å². The average molecular weight is 346 g/mol. The first-order valence-electron chi connectivity index (χ1n) is 9.50. The van der Waals surface area contributed by atoms with Crippen LogP contribution in [0.1, 0.15) is 44.1 Å². The van der Waals surface area contributed by atoms with Crippen LogP contribution in [0.4, 0.5) is 10.6 Å². The number of nitrogens with zero attached hydrogens (tertiary/aromatic N) is 3. The van der Waals surface area contributed by atoms with Crippen molar-refractivity contribution >= 4 is 11.8 Å². The van der Waals surface area contributed by atoms with Crippen LogP contribution in [-0.2, 0) is 6.54 Å². The van der Waals surface area contributed by atoms with Crippen molar-refractivity contribution in [3.63, 3.8) is 0 Å². The Hall–Kier alpha value is -1.82. The number of nitrogens with one attached hydrogen (secondary N) is 1. The van der Waals surface area contributed by atoms with Gasteiger partial charge in [0.15, 0.2) is 0 Å². The molecular weight excluding hydrogens is 316 g/mol. The predicted octanol–water partition coefficient (Wildman–Crippen LogP) is 2.37. The number of pyridine rings is 1. The minimum Gasteiger partial charge on any atom is -0.393 e. The predicted molar refractivity (Wildman–Crippen MR) is 98.5 cm³/mol. The fourth-order valence-electron chi connectivity index (χ4n) is 3.80. The summed E-state index contributed by atoms with van der Waals surface area (Å²) in [5.74, 6) is 1.22. The molecule has 25 heavy (non-hydrogen) atoms. The highest BCUT2D eigenvalue weighted by molar-refractivity contribution is 5.73. The first-order chi connectivity index (χ1) is 12.1. The Labute approximate surface area is 150 Å². The van der Waals surface area contributed by atoms with Crippen LogP contribution in [0.15, 0.2) is 18.3 Å². The van der Waals surface area contributed by atoms with Crippen LogP contribution in [-0.4, -0.2) is 53.8 Å². The molecule has 1 aromatic heterocycles. The molecule has 2 aliphatic rings. The molecule has 6 nitrogen and oxygen atoms in total. The first-order valence-corrected chi connectivity index (χ1v) is 9.50. The highest BCUT2D eigenvalue weighted by Crippen LogP contribution is 2.24. The summed E-state index contributed by atoms with van der Waals surface area (Å²) in [6.07, 6.45) is 8.14. The average Bonchev–Trinajstić information content (AvgIpc) is 3.16. The first kappa shape index (κ1) is 18.0. The Bertz CT molecular complexity index is 557. The van der Waals surface area contributed by atoms with Gasteiger partial charge in [-0.05, 0) is 37.3 Å². The van der Waals surface area contributed by atoms with Gasteiger partial charge in [0.25, 0.3) is 0 Å². The molecule has 1 saturated carbocycles. The number of aromatic nitrogens is 1. The molecule has 0 spiro atoms. The van der Waals surface area contributed by atoms with E-state index in [1.54, 1.807) is 11.9 Å². The normalized spacial score (nSPS) is 23.5. The largest absolute Gasteiger partial charge is 0.393 e. The molecule has 1 aromatic rings. The van der Waals surface area contributed by atoms with Gasteiger partial charge in [-0.1, -0.05) is 18.9 Å². The molecule has 2 heterocycles. The van der Waals surface area contributed by atoms with Crippen molar-refractivity contribution in [2.75, 3.05) is 31.6 Å². The number of carbonyl (C=O) groups excluding carboxylic acids is 1. The number of aliphatic hydroxyl groups is 1. The van der Waals surface area contributed by atoms with Gasteiger partial charge in [0.1, 0.15) is 5.82 Å². The number of amides is 2. The Morgan fingerprint density at radius 3 is 2.72 bits per heavy atom. The van der Waals surface area contributed by atoms with E-state index in [9.17, 15) is 9.90 Å². The maximum Gasteiger partial charge on any atom is 0.317 e. The SMILES string of the molecule is CN(CC1CCCCC1O)C(=O)NCc1ccc(N2CCCC2)nc1. The van der Waals surface area contributed by atoms with Crippen molar-refractivity contribution in [3.05, 3.63) is 23.9 Å². The second-order valence-electron chi connectivity index (χ2n) is 7.37. The number of aliphatic hydroxyl groups excluding tert-OH is 1. The molecular formula is C19H30N4O2. The number of anilines is 1. The maximum atomic E-state index is 12.3. The van der Waals surface area contributed by atoms with Crippen molar-refractivity contribution < 1.29 is 9.90 Å². The summed E-state index contributed by atoms with van der Waals surface area (Å²) in [5, 5.41) is 13.0. The van der Waals surface area contributed by atoms with Gasteiger partial charge in [-0.15, -0.1) is 0 Å². The topological polar surface area (TPSA) is 68.7 Å². The van der Waals surface area contributed by atoms with Gasteiger partial charge in [0.2, 0.25) is 0 Å². The molecule has 1 aliphatic carbocycles. The van der Waals surface area contributed by atoms with E-state index in [1.165, 1.54) is 12.8 Å². The van der Waals surface area contributed by atoms with E-state index < -0.39 is 0 Å². The lowest BCUT2D eigenvalue weighted by molar-refractivity contribution is 0.0565. The van der Waals surface area contributed by atoms with Crippen molar-refractivity contribution in [1.82, 2.24) is 15.2 Å². The van der Waals surface area contributed by atoms with Crippen molar-refractivity contribution in [1.29, 1.82) is 0 Å². The van der Waals surface area contributed by atoms with E-state index >= 15 is 0 Å². The Kier molecular flexibility index (Phi) is 6.13. The van der Waals surface area contributed by atoms with Gasteiger partial charge in [0.05, 0.1) is 6.10 Å². The molecule has 1 saturated heterocycles. The summed E-state index contributed by atoms with van der Waals surface area (Å²) in [6.45, 7) is 3.25. The highest BCUT2D eigenvalue weighted by atomic mass is 16.3. The van der Waals surface area contributed by atoms with Gasteiger partial charge >= 0.3 is 6.03 Å². The smallest absolute Gasteiger partial charge is 0.317 e. The lowest BCUT2D eigenvalue weighted by Gasteiger charge is -2.31. The van der Waals surface area contributed by atoms with Crippen molar-refractivity contribution in [2.45, 2.75) is 51.2 Å². The number of urea groups is 1. The summed E-state index contributed by atoms with van der Waals surface area (Å²) in [4.78, 5) is 20.8. The second kappa shape index (κ2) is 8.52. The van der Waals surface area contributed by atoms with Crippen LogP contribution in [0, 0.1) is 5.92 Å². The van der Waals surface area contributed by atoms with E-state index in [0.717, 1.165) is 50.2 Å². The minimum absolute atomic E-state index is 0.0959. The van der Waals surface area contributed by atoms with Crippen LogP contribution < -0.4 is 10.2 Å². The third kappa shape index (κ3) is 4.84. The zero-order valence-electron chi connectivity index (χ0n) is 15.2. The van der Waals surface area contributed by atoms with E-state index in [2.05, 4.69) is 15.2 Å². The molecule has 2 amide bonds. The van der Waals surface area contributed by atoms with E-state index in [1.807, 2.05) is 18.3 Å². The van der Waals surface area contributed by atoms with Crippen LogP contribution in [0.5, 0.6) is 0 Å². The van der Waals surface area contributed by atoms with Crippen LogP contribution in [0.2, 0.25) is 0 Å². The van der Waals surface area contributed by atoms with Crippen LogP contribution in [0.25, 0.3) is 0 Å². The maximum absolute atomic E-state index is 12.3. The molecule has 0 aromatic carbocycles. The zero-order valence-corrected chi connectivity index (χ0v) is 15.2. The van der Waals surface area contributed by atoms with Crippen LogP contribution in [0.3, 0.4) is 0 Å². The summed E-state index contributed by atoms with van der Waals surface area (Å²) in [5.41, 5.74) is 1.00. The Morgan fingerprint density at radius 1 is 1.28 bits per heavy atom. The Balaban J connectivity index is 1.44. The molecule has 1 aliphatic heterocycles. The fourth-order valence-corrected chi connectivity index (χ4v) is 3.80. The third-order valence-corrected chi connectivity index (χ3v) is 5.41. The number of carbonyl (C=O) groups is 1. The number of rotatable bonds is 5. The number of hydrogen-bond donors (Lipinski definition) is 2. The molecule has 0 radical (unpaired) electrons. The van der Waals surface area contributed by atoms with Gasteiger partial charge in [0, 0.05) is 45.3 Å². The summed E-state index contributed by atoms with van der Waals surface area (Å²) in [6, 6.07) is 3.97. The zero-order chi connectivity index (χ0) is 17.6. The molecule has 3 rings (SSSR count). The Morgan fingerprint density at radius 2 is 2.04 bits per heavy atom. The van der Waals surface area contributed by atoms with E-state index in [4.69, 9.17) is 0 Å². The standard InChI is InChI=1S/C19H30N4O2/c1-22(14-16-6-2-3-7-17(16)24)19(25)21-13-15-8-9-18(20-12-15)23-10-4-5-11-23/h8-9,12,16-17,24H,2-7,10-11,13-14H2,1H3,(H,21,25). The molecule has 2 N–H and O–H groups in total. The lowest BCUT2D eigenvalue weighted by atomic mass is 9.86. The summed E-state index contributed by atoms with van der Waals surface area (Å²) >= 11 is 0. The number of hydrogen-bond acceptors (Lipinski definition) is 4. The quantitative estimate of drug-likeness (QED) is 0.859. The molecule has 2 fully saturated rings. The fraction of sp³-hybridized carbons (Fsp3) is 0.684. The van der Waals surface area contributed by atoms with Crippen molar-refractivity contribution in [3.8, 4) is 0 Å². The summed E-state index contributed by atoms with van der Waals surface area (Å²) < 4.78 is 0. The molecule has 6 heteroatoms. The molecule has 2 atom stereocenters. The lowest BCUT2D eigenvalue weighted by Crippen LogP contribution is -2.42. The van der Waals surface area contributed by atoms with E-state index in [-0.39, 0.29) is 18.1 Å². The minimum atomic E-state index is -0.272. The van der Waals surface area contributed by atoms with Gasteiger partial charge in [-0.25, -0.2) is 9.78 Å². The second-order valence-corrected chi connectivity index (χ2v) is 7.37. The molecule has 2 unspecified atom stereocenters. The van der Waals surface area contributed by atoms with Crippen LogP contribution >= 0.6 is 0 Å². The molecule has 138 valence electrons. The summed E-state index contributed by atoms with van der Waals surface area (Å²) in [7, 11) is 1.80. The van der Waals surface area contributed by atoms with Gasteiger partial charge in [-0.3, -0.25) is 0 Å². The van der Waals surface area contributed by atoms with Crippen molar-refractivity contribution in [2.24, 2.45) is 5.92 Å². The highest BCUT2D eigenvalue weighted by Gasteiger charge is 2.25. The monoisotopic (exact) mass is 346 g/mol. The van der Waals surface area contributed by atoms with Gasteiger partial charge in [-0.2, -0.15) is 0 Å². The third-order valence-electron chi connectivity index (χ3n) is 5.41. The molecule has 0 bridgehead atoms.